The summed E-state index contributed by atoms with van der Waals surface area (Å²) in [6.07, 6.45) is 1.71. The fourth-order valence-corrected chi connectivity index (χ4v) is 2.48. The lowest BCUT2D eigenvalue weighted by atomic mass is 10.1. The molecule has 6 nitrogen and oxygen atoms in total. The highest BCUT2D eigenvalue weighted by Gasteiger charge is 2.38. The van der Waals surface area contributed by atoms with Crippen LogP contribution in [-0.2, 0) is 20.7 Å². The fraction of sp³-hybridized carbons (Fsp3) is 0.267. The second-order valence-corrected chi connectivity index (χ2v) is 5.43. The molecule has 22 heavy (non-hydrogen) atoms. The van der Waals surface area contributed by atoms with Crippen LogP contribution in [0.25, 0.3) is 0 Å². The molecule has 1 aromatic carbocycles. The molecule has 0 atom stereocenters. The van der Waals surface area contributed by atoms with Crippen molar-refractivity contribution in [3.05, 3.63) is 40.1 Å². The number of carbonyl (C=O) groups excluding carboxylic acids is 3. The van der Waals surface area contributed by atoms with Gasteiger partial charge in [-0.05, 0) is 37.1 Å². The number of imide groups is 2. The predicted octanol–water partition coefficient (Wildman–Crippen LogP) is 2.51. The third-order valence-corrected chi connectivity index (χ3v) is 3.63. The van der Waals surface area contributed by atoms with Crippen LogP contribution in [0.4, 0.5) is 10.5 Å². The number of aryl methyl sites for hydroxylation is 1. The van der Waals surface area contributed by atoms with E-state index in [2.05, 4.69) is 21.2 Å². The van der Waals surface area contributed by atoms with Gasteiger partial charge in [0.05, 0.1) is 12.3 Å². The second-order valence-electron chi connectivity index (χ2n) is 4.51. The molecule has 0 aliphatic carbocycles. The summed E-state index contributed by atoms with van der Waals surface area (Å²) in [7, 11) is 0. The lowest BCUT2D eigenvalue weighted by molar-refractivity contribution is -0.123. The van der Waals surface area contributed by atoms with E-state index < -0.39 is 17.8 Å². The van der Waals surface area contributed by atoms with Crippen LogP contribution in [0, 0.1) is 0 Å². The number of ether oxygens (including phenoxy) is 1. The van der Waals surface area contributed by atoms with E-state index in [4.69, 9.17) is 4.74 Å². The highest BCUT2D eigenvalue weighted by atomic mass is 79.9. The molecule has 1 heterocycles. The van der Waals surface area contributed by atoms with E-state index >= 15 is 0 Å². The number of hydrogen-bond acceptors (Lipinski definition) is 4. The monoisotopic (exact) mass is 366 g/mol. The molecule has 0 bridgehead atoms. The molecule has 1 saturated heterocycles. The summed E-state index contributed by atoms with van der Waals surface area (Å²) < 4.78 is 5.87. The Hall–Kier alpha value is -2.15. The third-order valence-electron chi connectivity index (χ3n) is 3.13. The van der Waals surface area contributed by atoms with E-state index in [-0.39, 0.29) is 5.57 Å². The van der Waals surface area contributed by atoms with E-state index in [0.717, 1.165) is 21.2 Å². The predicted molar refractivity (Wildman–Crippen MR) is 84.3 cm³/mol. The summed E-state index contributed by atoms with van der Waals surface area (Å²) in [6.45, 7) is 3.96. The summed E-state index contributed by atoms with van der Waals surface area (Å²) in [5.74, 6) is -1.45. The average Bonchev–Trinajstić information content (AvgIpc) is 2.48. The number of halogens is 1. The number of barbiturate groups is 1. The first-order valence-corrected chi connectivity index (χ1v) is 7.58. The largest absolute Gasteiger partial charge is 0.500 e. The van der Waals surface area contributed by atoms with E-state index in [9.17, 15) is 14.4 Å². The zero-order valence-electron chi connectivity index (χ0n) is 12.2. The quantitative estimate of drug-likeness (QED) is 0.504. The Morgan fingerprint density at radius 3 is 2.64 bits per heavy atom. The molecule has 1 aliphatic rings. The highest BCUT2D eigenvalue weighted by molar-refractivity contribution is 9.10. The molecule has 116 valence electrons. The van der Waals surface area contributed by atoms with Crippen LogP contribution in [0.5, 0.6) is 0 Å². The van der Waals surface area contributed by atoms with Gasteiger partial charge in [0.15, 0.2) is 0 Å². The summed E-state index contributed by atoms with van der Waals surface area (Å²) in [5, 5.41) is 2.15. The second kappa shape index (κ2) is 6.74. The Kier molecular flexibility index (Phi) is 4.97. The molecule has 0 radical (unpaired) electrons. The Morgan fingerprint density at radius 1 is 1.27 bits per heavy atom. The summed E-state index contributed by atoms with van der Waals surface area (Å²) in [6, 6.07) is 4.46. The topological polar surface area (TPSA) is 75.7 Å². The standard InChI is InChI=1S/C15H15BrN2O4/c1-3-9-7-10(16)5-6-12(9)18-14(20)11(8-22-4-2)13(19)17-15(18)21/h5-8H,3-4H2,1-2H3,(H,17,19,21)/b11-8-. The number of nitrogens with zero attached hydrogens (tertiary/aromatic N) is 1. The number of nitrogens with one attached hydrogen (secondary N) is 1. The van der Waals surface area contributed by atoms with Crippen molar-refractivity contribution in [3.8, 4) is 0 Å². The molecule has 0 spiro atoms. The van der Waals surface area contributed by atoms with E-state index in [1.807, 2.05) is 13.0 Å². The van der Waals surface area contributed by atoms with Gasteiger partial charge < -0.3 is 4.74 Å². The number of urea groups is 1. The average molecular weight is 367 g/mol. The van der Waals surface area contributed by atoms with E-state index in [1.165, 1.54) is 0 Å². The first-order valence-electron chi connectivity index (χ1n) is 6.79. The van der Waals surface area contributed by atoms with Gasteiger partial charge in [-0.25, -0.2) is 9.69 Å². The lowest BCUT2D eigenvalue weighted by Crippen LogP contribution is -2.54. The molecule has 7 heteroatoms. The molecular weight excluding hydrogens is 352 g/mol. The Balaban J connectivity index is 2.47. The van der Waals surface area contributed by atoms with Gasteiger partial charge in [-0.1, -0.05) is 22.9 Å². The fourth-order valence-electron chi connectivity index (χ4n) is 2.07. The zero-order chi connectivity index (χ0) is 16.3. The number of benzene rings is 1. The molecule has 4 amide bonds. The van der Waals surface area contributed by atoms with Gasteiger partial charge >= 0.3 is 6.03 Å². The van der Waals surface area contributed by atoms with Gasteiger partial charge in [-0.15, -0.1) is 0 Å². The molecule has 0 saturated carbocycles. The summed E-state index contributed by atoms with van der Waals surface area (Å²) in [4.78, 5) is 37.3. The SMILES string of the molecule is CCO/C=C1/C(=O)NC(=O)N(c2ccc(Br)cc2CC)C1=O. The van der Waals surface area contributed by atoms with Gasteiger partial charge in [0.25, 0.3) is 11.8 Å². The molecule has 2 rings (SSSR count). The first-order chi connectivity index (χ1) is 10.5. The number of carbonyl (C=O) groups is 3. The normalized spacial score (nSPS) is 17.0. The van der Waals surface area contributed by atoms with Crippen LogP contribution < -0.4 is 10.2 Å². The van der Waals surface area contributed by atoms with Gasteiger partial charge in [-0.3, -0.25) is 14.9 Å². The Bertz CT molecular complexity index is 670. The molecule has 1 N–H and O–H groups in total. The lowest BCUT2D eigenvalue weighted by Gasteiger charge is -2.27. The number of anilines is 1. The van der Waals surface area contributed by atoms with Gasteiger partial charge in [0, 0.05) is 4.47 Å². The molecular formula is C15H15BrN2O4. The first kappa shape index (κ1) is 16.2. The van der Waals surface area contributed by atoms with Crippen molar-refractivity contribution in [1.82, 2.24) is 5.32 Å². The van der Waals surface area contributed by atoms with Crippen LogP contribution in [-0.4, -0.2) is 24.5 Å². The number of rotatable bonds is 4. The maximum atomic E-state index is 12.5. The minimum atomic E-state index is -0.763. The minimum absolute atomic E-state index is 0.202. The zero-order valence-corrected chi connectivity index (χ0v) is 13.8. The molecule has 1 aromatic rings. The molecule has 1 aliphatic heterocycles. The van der Waals surface area contributed by atoms with Crippen LogP contribution in [0.2, 0.25) is 0 Å². The maximum absolute atomic E-state index is 12.5. The molecule has 0 unspecified atom stereocenters. The molecule has 0 aromatic heterocycles. The Labute approximate surface area is 136 Å². The van der Waals surface area contributed by atoms with Gasteiger partial charge in [-0.2, -0.15) is 0 Å². The maximum Gasteiger partial charge on any atom is 0.335 e. The van der Waals surface area contributed by atoms with E-state index in [1.54, 1.807) is 19.1 Å². The Morgan fingerprint density at radius 2 is 2.00 bits per heavy atom. The van der Waals surface area contributed by atoms with Crippen molar-refractivity contribution in [2.45, 2.75) is 20.3 Å². The van der Waals surface area contributed by atoms with Crippen LogP contribution in [0.3, 0.4) is 0 Å². The van der Waals surface area contributed by atoms with Crippen molar-refractivity contribution in [2.75, 3.05) is 11.5 Å². The van der Waals surface area contributed by atoms with Crippen molar-refractivity contribution in [1.29, 1.82) is 0 Å². The van der Waals surface area contributed by atoms with Crippen LogP contribution in [0.1, 0.15) is 19.4 Å². The van der Waals surface area contributed by atoms with Gasteiger partial charge in [0.1, 0.15) is 11.8 Å². The van der Waals surface area contributed by atoms with Crippen molar-refractivity contribution >= 4 is 39.5 Å². The van der Waals surface area contributed by atoms with Crippen LogP contribution >= 0.6 is 15.9 Å². The summed E-state index contributed by atoms with van der Waals surface area (Å²) in [5.41, 5.74) is 1.05. The summed E-state index contributed by atoms with van der Waals surface area (Å²) >= 11 is 3.36. The van der Waals surface area contributed by atoms with Crippen molar-refractivity contribution in [3.63, 3.8) is 0 Å². The third kappa shape index (κ3) is 3.04. The minimum Gasteiger partial charge on any atom is -0.500 e. The van der Waals surface area contributed by atoms with Gasteiger partial charge in [0.2, 0.25) is 0 Å². The van der Waals surface area contributed by atoms with Crippen LogP contribution in [0.15, 0.2) is 34.5 Å². The van der Waals surface area contributed by atoms with Crippen molar-refractivity contribution in [2.24, 2.45) is 0 Å². The number of amides is 4. The highest BCUT2D eigenvalue weighted by Crippen LogP contribution is 2.28. The van der Waals surface area contributed by atoms with E-state index in [0.29, 0.717) is 18.7 Å². The number of hydrogen-bond donors (Lipinski definition) is 1. The van der Waals surface area contributed by atoms with Crippen molar-refractivity contribution < 1.29 is 19.1 Å². The molecule has 1 fully saturated rings. The smallest absolute Gasteiger partial charge is 0.335 e.